The summed E-state index contributed by atoms with van der Waals surface area (Å²) < 4.78 is 31.4. The standard InChI is InChI=1S/C14H10F2O2/c1-18-10-7-5-9(6-8-10)14(17)11-3-2-4-12(15)13(11)16/h2-8H,1H3. The summed E-state index contributed by atoms with van der Waals surface area (Å²) in [4.78, 5) is 12.0. The number of ketones is 1. The van der Waals surface area contributed by atoms with E-state index in [-0.39, 0.29) is 11.1 Å². The van der Waals surface area contributed by atoms with Crippen LogP contribution in [0.2, 0.25) is 0 Å². The van der Waals surface area contributed by atoms with Crippen LogP contribution in [-0.2, 0) is 0 Å². The molecule has 0 N–H and O–H groups in total. The Morgan fingerprint density at radius 1 is 1.06 bits per heavy atom. The van der Waals surface area contributed by atoms with E-state index < -0.39 is 17.4 Å². The van der Waals surface area contributed by atoms with Gasteiger partial charge in [-0.2, -0.15) is 0 Å². The summed E-state index contributed by atoms with van der Waals surface area (Å²) in [7, 11) is 1.50. The van der Waals surface area contributed by atoms with E-state index >= 15 is 0 Å². The Hall–Kier alpha value is -2.23. The van der Waals surface area contributed by atoms with Crippen molar-refractivity contribution in [3.63, 3.8) is 0 Å². The fourth-order valence-corrected chi connectivity index (χ4v) is 1.58. The number of hydrogen-bond donors (Lipinski definition) is 0. The molecule has 18 heavy (non-hydrogen) atoms. The third kappa shape index (κ3) is 2.22. The summed E-state index contributed by atoms with van der Waals surface area (Å²) in [6, 6.07) is 9.71. The third-order valence-electron chi connectivity index (χ3n) is 2.55. The first kappa shape index (κ1) is 12.2. The van der Waals surface area contributed by atoms with Crippen LogP contribution in [0.5, 0.6) is 5.75 Å². The van der Waals surface area contributed by atoms with Crippen molar-refractivity contribution >= 4 is 5.78 Å². The predicted molar refractivity (Wildman–Crippen MR) is 62.8 cm³/mol. The van der Waals surface area contributed by atoms with Crippen molar-refractivity contribution in [3.8, 4) is 5.75 Å². The topological polar surface area (TPSA) is 26.3 Å². The second-order valence-electron chi connectivity index (χ2n) is 3.66. The van der Waals surface area contributed by atoms with E-state index in [0.29, 0.717) is 5.75 Å². The Morgan fingerprint density at radius 3 is 2.33 bits per heavy atom. The minimum atomic E-state index is -1.13. The van der Waals surface area contributed by atoms with Gasteiger partial charge in [0.1, 0.15) is 5.75 Å². The van der Waals surface area contributed by atoms with Crippen molar-refractivity contribution in [2.75, 3.05) is 7.11 Å². The number of ether oxygens (including phenoxy) is 1. The number of halogens is 2. The number of carbonyl (C=O) groups is 1. The monoisotopic (exact) mass is 248 g/mol. The molecule has 0 aromatic heterocycles. The molecule has 0 amide bonds. The molecule has 0 radical (unpaired) electrons. The van der Waals surface area contributed by atoms with Crippen LogP contribution in [0.4, 0.5) is 8.78 Å². The van der Waals surface area contributed by atoms with Crippen molar-refractivity contribution < 1.29 is 18.3 Å². The van der Waals surface area contributed by atoms with Crippen molar-refractivity contribution in [2.45, 2.75) is 0 Å². The number of methoxy groups -OCH3 is 1. The minimum absolute atomic E-state index is 0.278. The average Bonchev–Trinajstić information content (AvgIpc) is 2.41. The van der Waals surface area contributed by atoms with Crippen LogP contribution in [0.3, 0.4) is 0 Å². The normalized spacial score (nSPS) is 10.2. The maximum atomic E-state index is 13.5. The lowest BCUT2D eigenvalue weighted by Crippen LogP contribution is -2.05. The lowest BCUT2D eigenvalue weighted by molar-refractivity contribution is 0.103. The highest BCUT2D eigenvalue weighted by Crippen LogP contribution is 2.18. The molecule has 0 aliphatic rings. The number of rotatable bonds is 3. The lowest BCUT2D eigenvalue weighted by atomic mass is 10.0. The fraction of sp³-hybridized carbons (Fsp3) is 0.0714. The second kappa shape index (κ2) is 4.96. The molecule has 2 rings (SSSR count). The number of hydrogen-bond acceptors (Lipinski definition) is 2. The van der Waals surface area contributed by atoms with Crippen LogP contribution in [-0.4, -0.2) is 12.9 Å². The summed E-state index contributed by atoms with van der Waals surface area (Å²) >= 11 is 0. The second-order valence-corrected chi connectivity index (χ2v) is 3.66. The first-order valence-corrected chi connectivity index (χ1v) is 5.26. The summed E-state index contributed by atoms with van der Waals surface area (Å²) in [5, 5.41) is 0. The van der Waals surface area contributed by atoms with Gasteiger partial charge in [-0.1, -0.05) is 6.07 Å². The van der Waals surface area contributed by atoms with Crippen molar-refractivity contribution in [1.82, 2.24) is 0 Å². The predicted octanol–water partition coefficient (Wildman–Crippen LogP) is 3.20. The van der Waals surface area contributed by atoms with Gasteiger partial charge in [-0.05, 0) is 36.4 Å². The molecule has 0 heterocycles. The highest BCUT2D eigenvalue weighted by atomic mass is 19.2. The molecule has 0 saturated carbocycles. The van der Waals surface area contributed by atoms with Gasteiger partial charge in [0.25, 0.3) is 0 Å². The van der Waals surface area contributed by atoms with Crippen LogP contribution in [0.1, 0.15) is 15.9 Å². The molecular formula is C14H10F2O2. The molecule has 0 saturated heterocycles. The minimum Gasteiger partial charge on any atom is -0.497 e. The molecule has 2 aromatic rings. The molecular weight excluding hydrogens is 238 g/mol. The van der Waals surface area contributed by atoms with Gasteiger partial charge in [0, 0.05) is 5.56 Å². The van der Waals surface area contributed by atoms with Gasteiger partial charge < -0.3 is 4.74 Å². The van der Waals surface area contributed by atoms with Crippen LogP contribution in [0.25, 0.3) is 0 Å². The van der Waals surface area contributed by atoms with E-state index in [1.54, 1.807) is 12.1 Å². The maximum absolute atomic E-state index is 13.5. The largest absolute Gasteiger partial charge is 0.497 e. The molecule has 0 bridgehead atoms. The van der Waals surface area contributed by atoms with Gasteiger partial charge in [-0.3, -0.25) is 4.79 Å². The zero-order valence-electron chi connectivity index (χ0n) is 9.61. The first-order valence-electron chi connectivity index (χ1n) is 5.26. The van der Waals surface area contributed by atoms with Gasteiger partial charge in [0.05, 0.1) is 12.7 Å². The van der Waals surface area contributed by atoms with Crippen LogP contribution in [0, 0.1) is 11.6 Å². The van der Waals surface area contributed by atoms with Gasteiger partial charge in [-0.15, -0.1) is 0 Å². The highest BCUT2D eigenvalue weighted by Gasteiger charge is 2.16. The Balaban J connectivity index is 2.38. The molecule has 92 valence electrons. The average molecular weight is 248 g/mol. The van der Waals surface area contributed by atoms with Gasteiger partial charge in [0.15, 0.2) is 17.4 Å². The zero-order valence-corrected chi connectivity index (χ0v) is 9.61. The van der Waals surface area contributed by atoms with Gasteiger partial charge in [0.2, 0.25) is 0 Å². The Morgan fingerprint density at radius 2 is 1.72 bits per heavy atom. The highest BCUT2D eigenvalue weighted by molar-refractivity contribution is 6.09. The molecule has 0 aliphatic heterocycles. The summed E-state index contributed by atoms with van der Waals surface area (Å²) in [5.41, 5.74) is 0.000432. The quantitative estimate of drug-likeness (QED) is 0.780. The van der Waals surface area contributed by atoms with Crippen molar-refractivity contribution in [1.29, 1.82) is 0 Å². The van der Waals surface area contributed by atoms with Crippen molar-refractivity contribution in [2.24, 2.45) is 0 Å². The summed E-state index contributed by atoms with van der Waals surface area (Å²) in [5.74, 6) is -2.13. The smallest absolute Gasteiger partial charge is 0.196 e. The molecule has 0 atom stereocenters. The van der Waals surface area contributed by atoms with Crippen LogP contribution < -0.4 is 4.74 Å². The van der Waals surface area contributed by atoms with Gasteiger partial charge in [-0.25, -0.2) is 8.78 Å². The van der Waals surface area contributed by atoms with E-state index in [9.17, 15) is 13.6 Å². The molecule has 0 fully saturated rings. The molecule has 2 nitrogen and oxygen atoms in total. The Bertz CT molecular complexity index is 577. The van der Waals surface area contributed by atoms with E-state index in [4.69, 9.17) is 4.74 Å². The number of benzene rings is 2. The maximum Gasteiger partial charge on any atom is 0.196 e. The third-order valence-corrected chi connectivity index (χ3v) is 2.55. The van der Waals surface area contributed by atoms with Crippen LogP contribution in [0.15, 0.2) is 42.5 Å². The lowest BCUT2D eigenvalue weighted by Gasteiger charge is -2.04. The molecule has 4 heteroatoms. The van der Waals surface area contributed by atoms with E-state index in [2.05, 4.69) is 0 Å². The Labute approximate surface area is 103 Å². The SMILES string of the molecule is COc1ccc(C(=O)c2cccc(F)c2F)cc1. The summed E-state index contributed by atoms with van der Waals surface area (Å²) in [6.45, 7) is 0. The molecule has 0 spiro atoms. The molecule has 2 aromatic carbocycles. The van der Waals surface area contributed by atoms with Crippen molar-refractivity contribution in [3.05, 3.63) is 65.2 Å². The fourth-order valence-electron chi connectivity index (χ4n) is 1.58. The van der Waals surface area contributed by atoms with E-state index in [0.717, 1.165) is 6.07 Å². The molecule has 0 aliphatic carbocycles. The Kier molecular flexibility index (Phi) is 3.37. The van der Waals surface area contributed by atoms with Gasteiger partial charge >= 0.3 is 0 Å². The number of carbonyl (C=O) groups excluding carboxylic acids is 1. The zero-order chi connectivity index (χ0) is 13.1. The van der Waals surface area contributed by atoms with Crippen LogP contribution >= 0.6 is 0 Å². The van der Waals surface area contributed by atoms with E-state index in [1.807, 2.05) is 0 Å². The first-order chi connectivity index (χ1) is 8.63. The molecule has 0 unspecified atom stereocenters. The summed E-state index contributed by atoms with van der Waals surface area (Å²) in [6.07, 6.45) is 0. The van der Waals surface area contributed by atoms with E-state index in [1.165, 1.54) is 31.4 Å².